The molecule has 0 unspecified atom stereocenters. The van der Waals surface area contributed by atoms with Crippen LogP contribution in [0, 0.1) is 20.2 Å². The number of aromatic nitrogens is 2. The van der Waals surface area contributed by atoms with Gasteiger partial charge in [-0.1, -0.05) is 17.4 Å². The maximum absolute atomic E-state index is 11.2. The summed E-state index contributed by atoms with van der Waals surface area (Å²) in [4.78, 5) is 20.9. The van der Waals surface area contributed by atoms with Crippen molar-refractivity contribution in [2.24, 2.45) is 0 Å². The molecule has 10 nitrogen and oxygen atoms in total. The van der Waals surface area contributed by atoms with Crippen molar-refractivity contribution in [1.82, 2.24) is 10.2 Å². The third-order valence-electron chi connectivity index (χ3n) is 3.27. The lowest BCUT2D eigenvalue weighted by molar-refractivity contribution is -0.396. The molecule has 27 heavy (non-hydrogen) atoms. The van der Waals surface area contributed by atoms with Gasteiger partial charge in [-0.2, -0.15) is 0 Å². The van der Waals surface area contributed by atoms with Crippen LogP contribution >= 0.6 is 23.1 Å². The highest BCUT2D eigenvalue weighted by molar-refractivity contribution is 8.01. The van der Waals surface area contributed by atoms with E-state index in [1.54, 1.807) is 19.2 Å². The number of non-ortho nitro benzene ring substituents is 1. The summed E-state index contributed by atoms with van der Waals surface area (Å²) in [5.41, 5.74) is 0.0544. The van der Waals surface area contributed by atoms with Crippen LogP contribution in [0.15, 0.2) is 51.7 Å². The lowest BCUT2D eigenvalue weighted by Gasteiger charge is -2.04. The molecule has 138 valence electrons. The molecule has 1 heterocycles. The van der Waals surface area contributed by atoms with Gasteiger partial charge in [0.1, 0.15) is 5.75 Å². The van der Waals surface area contributed by atoms with Crippen LogP contribution in [-0.4, -0.2) is 27.2 Å². The molecule has 0 bridgehead atoms. The molecule has 3 aromatic rings. The van der Waals surface area contributed by atoms with E-state index in [0.29, 0.717) is 15.2 Å². The van der Waals surface area contributed by atoms with Crippen LogP contribution in [0.3, 0.4) is 0 Å². The first-order chi connectivity index (χ1) is 13.0. The quantitative estimate of drug-likeness (QED) is 0.452. The third-order valence-corrected chi connectivity index (χ3v) is 5.23. The predicted octanol–water partition coefficient (Wildman–Crippen LogP) is 4.26. The molecule has 0 aliphatic rings. The number of nitrogens with zero attached hydrogens (tertiary/aromatic N) is 4. The van der Waals surface area contributed by atoms with Crippen molar-refractivity contribution < 1.29 is 14.6 Å². The maximum Gasteiger partial charge on any atom is 0.290 e. The van der Waals surface area contributed by atoms with Gasteiger partial charge < -0.3 is 10.1 Å². The van der Waals surface area contributed by atoms with Crippen molar-refractivity contribution in [2.45, 2.75) is 9.24 Å². The van der Waals surface area contributed by atoms with Crippen LogP contribution in [0.4, 0.5) is 22.2 Å². The molecule has 0 saturated carbocycles. The Morgan fingerprint density at radius 2 is 1.93 bits per heavy atom. The van der Waals surface area contributed by atoms with E-state index in [0.717, 1.165) is 23.5 Å². The first-order valence-corrected chi connectivity index (χ1v) is 8.95. The van der Waals surface area contributed by atoms with Gasteiger partial charge in [-0.15, -0.1) is 10.2 Å². The molecule has 0 saturated heterocycles. The average Bonchev–Trinajstić information content (AvgIpc) is 3.08. The smallest absolute Gasteiger partial charge is 0.290 e. The molecular formula is C15H11N5O5S2. The van der Waals surface area contributed by atoms with Gasteiger partial charge >= 0.3 is 0 Å². The monoisotopic (exact) mass is 405 g/mol. The maximum atomic E-state index is 11.2. The summed E-state index contributed by atoms with van der Waals surface area (Å²) < 4.78 is 5.61. The molecule has 0 atom stereocenters. The molecule has 0 spiro atoms. The van der Waals surface area contributed by atoms with Crippen molar-refractivity contribution in [2.75, 3.05) is 12.4 Å². The Morgan fingerprint density at radius 3 is 2.63 bits per heavy atom. The Morgan fingerprint density at radius 1 is 1.11 bits per heavy atom. The van der Waals surface area contributed by atoms with Gasteiger partial charge in [0, 0.05) is 17.8 Å². The molecule has 1 N–H and O–H groups in total. The number of nitrogens with one attached hydrogen (secondary N) is 1. The number of rotatable bonds is 7. The van der Waals surface area contributed by atoms with Crippen molar-refractivity contribution in [3.63, 3.8) is 0 Å². The molecule has 2 aromatic carbocycles. The van der Waals surface area contributed by atoms with Crippen molar-refractivity contribution in [3.05, 3.63) is 62.7 Å². The van der Waals surface area contributed by atoms with Gasteiger partial charge in [-0.3, -0.25) is 20.2 Å². The highest BCUT2D eigenvalue weighted by atomic mass is 32.2. The summed E-state index contributed by atoms with van der Waals surface area (Å²) in [7, 11) is 1.57. The highest BCUT2D eigenvalue weighted by Crippen LogP contribution is 2.39. The minimum absolute atomic E-state index is 0.245. The Labute approximate surface area is 160 Å². The number of nitro benzene ring substituents is 2. The Bertz CT molecular complexity index is 1010. The fourth-order valence-electron chi connectivity index (χ4n) is 2.07. The molecule has 1 aromatic heterocycles. The molecule has 3 rings (SSSR count). The van der Waals surface area contributed by atoms with Crippen molar-refractivity contribution in [3.8, 4) is 5.75 Å². The summed E-state index contributed by atoms with van der Waals surface area (Å²) >= 11 is 2.22. The number of hydrogen-bond acceptors (Lipinski definition) is 10. The lowest BCUT2D eigenvalue weighted by Crippen LogP contribution is -1.94. The number of methoxy groups -OCH3 is 1. The number of hydrogen-bond donors (Lipinski definition) is 1. The molecule has 12 heteroatoms. The van der Waals surface area contributed by atoms with Gasteiger partial charge in [-0.25, -0.2) is 0 Å². The molecule has 0 amide bonds. The summed E-state index contributed by atoms with van der Waals surface area (Å²) in [6.45, 7) is 0. The zero-order chi connectivity index (χ0) is 19.4. The van der Waals surface area contributed by atoms with Crippen LogP contribution in [0.2, 0.25) is 0 Å². The first kappa shape index (κ1) is 18.5. The topological polar surface area (TPSA) is 133 Å². The average molecular weight is 405 g/mol. The fourth-order valence-corrected chi connectivity index (χ4v) is 3.88. The van der Waals surface area contributed by atoms with E-state index in [9.17, 15) is 20.2 Å². The van der Waals surface area contributed by atoms with Gasteiger partial charge in [0.15, 0.2) is 4.34 Å². The normalized spacial score (nSPS) is 10.4. The second-order valence-electron chi connectivity index (χ2n) is 5.00. The Balaban J connectivity index is 1.79. The van der Waals surface area contributed by atoms with Gasteiger partial charge in [0.25, 0.3) is 11.4 Å². The largest absolute Gasteiger partial charge is 0.497 e. The van der Waals surface area contributed by atoms with Crippen LogP contribution < -0.4 is 10.1 Å². The minimum Gasteiger partial charge on any atom is -0.497 e. The lowest BCUT2D eigenvalue weighted by atomic mass is 10.3. The summed E-state index contributed by atoms with van der Waals surface area (Å²) in [5, 5.41) is 33.6. The van der Waals surface area contributed by atoms with Crippen molar-refractivity contribution in [1.29, 1.82) is 0 Å². The third kappa shape index (κ3) is 4.48. The molecule has 0 fully saturated rings. The van der Waals surface area contributed by atoms with Crippen LogP contribution in [0.5, 0.6) is 5.75 Å². The number of ether oxygens (including phenoxy) is 1. The summed E-state index contributed by atoms with van der Waals surface area (Å²) in [6, 6.07) is 10.7. The Hall–Kier alpha value is -3.25. The molecule has 0 radical (unpaired) electrons. The second-order valence-corrected chi connectivity index (χ2v) is 7.26. The molecule has 0 aliphatic heterocycles. The van der Waals surface area contributed by atoms with E-state index in [1.165, 1.54) is 23.5 Å². The van der Waals surface area contributed by atoms with E-state index < -0.39 is 9.85 Å². The predicted molar refractivity (Wildman–Crippen MR) is 100 cm³/mol. The van der Waals surface area contributed by atoms with E-state index in [2.05, 4.69) is 15.5 Å². The highest BCUT2D eigenvalue weighted by Gasteiger charge is 2.21. The number of benzene rings is 2. The van der Waals surface area contributed by atoms with Crippen LogP contribution in [0.25, 0.3) is 0 Å². The zero-order valence-corrected chi connectivity index (χ0v) is 15.3. The van der Waals surface area contributed by atoms with Gasteiger partial charge in [0.05, 0.1) is 27.9 Å². The molecule has 0 aliphatic carbocycles. The van der Waals surface area contributed by atoms with Gasteiger partial charge in [0.2, 0.25) is 5.13 Å². The van der Waals surface area contributed by atoms with Gasteiger partial charge in [-0.05, 0) is 30.0 Å². The standard InChI is InChI=1S/C15H11N5O5S2/c1-25-11-4-2-3-9(7-11)16-14-17-18-15(27-14)26-13-6-5-10(19(21)22)8-12(13)20(23)24/h2-8H,1H3,(H,16,17). The number of anilines is 2. The van der Waals surface area contributed by atoms with Crippen LogP contribution in [0.1, 0.15) is 0 Å². The van der Waals surface area contributed by atoms with E-state index in [1.807, 2.05) is 12.1 Å². The van der Waals surface area contributed by atoms with Crippen LogP contribution in [-0.2, 0) is 0 Å². The Kier molecular flexibility index (Phi) is 5.47. The molecular weight excluding hydrogens is 394 g/mol. The second kappa shape index (κ2) is 7.97. The fraction of sp³-hybridized carbons (Fsp3) is 0.0667. The number of nitro groups is 2. The SMILES string of the molecule is COc1cccc(Nc2nnc(Sc3ccc([N+](=O)[O-])cc3[N+](=O)[O-])s2)c1. The van der Waals surface area contributed by atoms with Crippen molar-refractivity contribution >= 4 is 45.3 Å². The minimum atomic E-state index is -0.678. The summed E-state index contributed by atoms with van der Waals surface area (Å²) in [6.07, 6.45) is 0. The van der Waals surface area contributed by atoms with E-state index >= 15 is 0 Å². The van der Waals surface area contributed by atoms with E-state index in [-0.39, 0.29) is 16.3 Å². The first-order valence-electron chi connectivity index (χ1n) is 7.31. The summed E-state index contributed by atoms with van der Waals surface area (Å²) in [5.74, 6) is 0.681. The zero-order valence-electron chi connectivity index (χ0n) is 13.7. The van der Waals surface area contributed by atoms with E-state index in [4.69, 9.17) is 4.74 Å².